The van der Waals surface area contributed by atoms with Gasteiger partial charge in [0.15, 0.2) is 11.0 Å². The van der Waals surface area contributed by atoms with Crippen LogP contribution in [0.5, 0.6) is 0 Å². The zero-order chi connectivity index (χ0) is 25.5. The Hall–Kier alpha value is -3.14. The van der Waals surface area contributed by atoms with Crippen molar-refractivity contribution in [1.29, 1.82) is 0 Å². The fourth-order valence-electron chi connectivity index (χ4n) is 3.39. The molecule has 0 fully saturated rings. The first-order valence-electron chi connectivity index (χ1n) is 11.2. The van der Waals surface area contributed by atoms with Crippen molar-refractivity contribution in [2.45, 2.75) is 30.8 Å². The molecule has 10 heteroatoms. The van der Waals surface area contributed by atoms with Crippen molar-refractivity contribution >= 4 is 57.1 Å². The van der Waals surface area contributed by atoms with Crippen LogP contribution in [0, 0.1) is 6.92 Å². The van der Waals surface area contributed by atoms with Gasteiger partial charge in [0, 0.05) is 20.9 Å². The van der Waals surface area contributed by atoms with Crippen molar-refractivity contribution in [2.75, 3.05) is 5.32 Å². The fourth-order valence-corrected chi connectivity index (χ4v) is 4.91. The van der Waals surface area contributed by atoms with Crippen molar-refractivity contribution in [1.82, 2.24) is 20.2 Å². The van der Waals surface area contributed by atoms with E-state index in [0.717, 1.165) is 32.8 Å². The maximum atomic E-state index is 12.7. The van der Waals surface area contributed by atoms with Crippen LogP contribution in [-0.4, -0.2) is 32.1 Å². The molecule has 0 spiro atoms. The summed E-state index contributed by atoms with van der Waals surface area (Å²) in [6, 6.07) is 23.2. The molecule has 184 valence electrons. The predicted octanol–water partition coefficient (Wildman–Crippen LogP) is 6.23. The maximum absolute atomic E-state index is 12.7. The van der Waals surface area contributed by atoms with Crippen LogP contribution in [-0.2, 0) is 11.3 Å². The molecule has 1 atom stereocenters. The Kier molecular flexibility index (Phi) is 8.79. The summed E-state index contributed by atoms with van der Waals surface area (Å²) < 4.78 is 2.90. The van der Waals surface area contributed by atoms with Gasteiger partial charge in [-0.1, -0.05) is 69.6 Å². The summed E-state index contributed by atoms with van der Waals surface area (Å²) in [7, 11) is 0. The van der Waals surface area contributed by atoms with Gasteiger partial charge in [-0.25, -0.2) is 5.43 Å². The molecule has 0 aliphatic carbocycles. The van der Waals surface area contributed by atoms with Gasteiger partial charge < -0.3 is 5.32 Å². The lowest BCUT2D eigenvalue weighted by Crippen LogP contribution is -2.27. The lowest BCUT2D eigenvalue weighted by atomic mass is 10.2. The molecule has 7 nitrogen and oxygen atoms in total. The first kappa shape index (κ1) is 25.9. The smallest absolute Gasteiger partial charge is 0.253 e. The molecular formula is C26H24BrClN6OS. The van der Waals surface area contributed by atoms with Crippen LogP contribution in [0.2, 0.25) is 5.02 Å². The number of nitrogens with one attached hydrogen (secondary N) is 2. The number of carbonyl (C=O) groups is 1. The molecule has 1 unspecified atom stereocenters. The standard InChI is InChI=1S/C26H24BrClN6OS/c1-17-13-21(28)11-12-23(17)29-16-24-31-33-26(34(24)22-9-4-3-5-10-22)36-18(2)25(35)32-30-15-19-7-6-8-20(27)14-19/h3-15,18,29H,16H2,1-2H3,(H,32,35). The normalized spacial score (nSPS) is 12.0. The molecule has 0 saturated heterocycles. The van der Waals surface area contributed by atoms with E-state index in [0.29, 0.717) is 16.7 Å². The summed E-state index contributed by atoms with van der Waals surface area (Å²) in [4.78, 5) is 12.7. The summed E-state index contributed by atoms with van der Waals surface area (Å²) in [6.45, 7) is 4.26. The summed E-state index contributed by atoms with van der Waals surface area (Å²) >= 11 is 10.8. The SMILES string of the molecule is Cc1cc(Cl)ccc1NCc1nnc(SC(C)C(=O)NN=Cc2cccc(Br)c2)n1-c1ccccc1. The number of hydrogen-bond acceptors (Lipinski definition) is 6. The van der Waals surface area contributed by atoms with Gasteiger partial charge >= 0.3 is 0 Å². The second kappa shape index (κ2) is 12.2. The Morgan fingerprint density at radius 1 is 1.14 bits per heavy atom. The summed E-state index contributed by atoms with van der Waals surface area (Å²) in [5, 5.41) is 17.2. The van der Waals surface area contributed by atoms with Crippen LogP contribution in [0.15, 0.2) is 87.5 Å². The number of hydrogen-bond donors (Lipinski definition) is 2. The van der Waals surface area contributed by atoms with E-state index in [1.165, 1.54) is 11.8 Å². The molecule has 0 aliphatic rings. The highest BCUT2D eigenvalue weighted by Gasteiger charge is 2.21. The average Bonchev–Trinajstić information content (AvgIpc) is 3.26. The Morgan fingerprint density at radius 2 is 1.94 bits per heavy atom. The van der Waals surface area contributed by atoms with Crippen molar-refractivity contribution in [2.24, 2.45) is 5.10 Å². The lowest BCUT2D eigenvalue weighted by molar-refractivity contribution is -0.120. The van der Waals surface area contributed by atoms with Gasteiger partial charge in [0.05, 0.1) is 18.0 Å². The minimum Gasteiger partial charge on any atom is -0.378 e. The number of benzene rings is 3. The number of nitrogens with zero attached hydrogens (tertiary/aromatic N) is 4. The number of rotatable bonds is 9. The summed E-state index contributed by atoms with van der Waals surface area (Å²) in [5.41, 5.74) is 6.40. The van der Waals surface area contributed by atoms with Crippen LogP contribution in [0.25, 0.3) is 5.69 Å². The third kappa shape index (κ3) is 6.75. The van der Waals surface area contributed by atoms with E-state index in [-0.39, 0.29) is 5.91 Å². The number of halogens is 2. The molecule has 3 aromatic carbocycles. The molecule has 1 heterocycles. The monoisotopic (exact) mass is 582 g/mol. The van der Waals surface area contributed by atoms with Crippen LogP contribution in [0.3, 0.4) is 0 Å². The number of aromatic nitrogens is 3. The van der Waals surface area contributed by atoms with Crippen LogP contribution >= 0.6 is 39.3 Å². The molecule has 0 aliphatic heterocycles. The summed E-state index contributed by atoms with van der Waals surface area (Å²) in [6.07, 6.45) is 1.61. The van der Waals surface area contributed by atoms with Crippen LogP contribution in [0.4, 0.5) is 5.69 Å². The average molecular weight is 584 g/mol. The minimum absolute atomic E-state index is 0.231. The van der Waals surface area contributed by atoms with Gasteiger partial charge in [0.25, 0.3) is 5.91 Å². The zero-order valence-electron chi connectivity index (χ0n) is 19.7. The van der Waals surface area contributed by atoms with Gasteiger partial charge in [-0.2, -0.15) is 5.10 Å². The lowest BCUT2D eigenvalue weighted by Gasteiger charge is -2.14. The molecule has 0 saturated carbocycles. The first-order chi connectivity index (χ1) is 17.4. The summed E-state index contributed by atoms with van der Waals surface area (Å²) in [5.74, 6) is 0.489. The number of hydrazone groups is 1. The van der Waals surface area contributed by atoms with Crippen LogP contribution < -0.4 is 10.7 Å². The van der Waals surface area contributed by atoms with E-state index in [9.17, 15) is 4.79 Å². The minimum atomic E-state index is -0.448. The molecule has 1 aromatic heterocycles. The fraction of sp³-hybridized carbons (Fsp3) is 0.154. The number of para-hydroxylation sites is 1. The van der Waals surface area contributed by atoms with Crippen LogP contribution in [0.1, 0.15) is 23.9 Å². The van der Waals surface area contributed by atoms with E-state index in [2.05, 4.69) is 42.0 Å². The van der Waals surface area contributed by atoms with E-state index in [1.54, 1.807) is 6.21 Å². The molecular weight excluding hydrogens is 560 g/mol. The van der Waals surface area contributed by atoms with E-state index in [1.807, 2.05) is 91.2 Å². The van der Waals surface area contributed by atoms with E-state index >= 15 is 0 Å². The molecule has 0 radical (unpaired) electrons. The number of aryl methyl sites for hydroxylation is 1. The number of anilines is 1. The van der Waals surface area contributed by atoms with Crippen molar-refractivity contribution in [3.8, 4) is 5.69 Å². The van der Waals surface area contributed by atoms with Crippen molar-refractivity contribution < 1.29 is 4.79 Å². The third-order valence-corrected chi connectivity index (χ3v) is 7.00. The van der Waals surface area contributed by atoms with Gasteiger partial charge in [-0.05, 0) is 67.4 Å². The van der Waals surface area contributed by atoms with Gasteiger partial charge in [-0.15, -0.1) is 10.2 Å². The van der Waals surface area contributed by atoms with Gasteiger partial charge in [-0.3, -0.25) is 9.36 Å². The Labute approximate surface area is 227 Å². The quantitative estimate of drug-likeness (QED) is 0.139. The predicted molar refractivity (Wildman–Crippen MR) is 150 cm³/mol. The molecule has 4 aromatic rings. The highest BCUT2D eigenvalue weighted by molar-refractivity contribution is 9.10. The van der Waals surface area contributed by atoms with E-state index < -0.39 is 5.25 Å². The molecule has 36 heavy (non-hydrogen) atoms. The second-order valence-corrected chi connectivity index (χ2v) is 10.6. The third-order valence-electron chi connectivity index (χ3n) is 5.23. The molecule has 0 bridgehead atoms. The Balaban J connectivity index is 1.48. The Morgan fingerprint density at radius 3 is 2.69 bits per heavy atom. The zero-order valence-corrected chi connectivity index (χ0v) is 22.8. The highest BCUT2D eigenvalue weighted by atomic mass is 79.9. The van der Waals surface area contributed by atoms with Gasteiger partial charge in [0.2, 0.25) is 0 Å². The molecule has 2 N–H and O–H groups in total. The molecule has 1 amide bonds. The molecule has 4 rings (SSSR count). The topological polar surface area (TPSA) is 84.2 Å². The number of thioether (sulfide) groups is 1. The largest absolute Gasteiger partial charge is 0.378 e. The Bertz CT molecular complexity index is 1380. The van der Waals surface area contributed by atoms with Gasteiger partial charge in [0.1, 0.15) is 0 Å². The number of carbonyl (C=O) groups excluding carboxylic acids is 1. The second-order valence-electron chi connectivity index (χ2n) is 7.93. The van der Waals surface area contributed by atoms with Crippen molar-refractivity contribution in [3.05, 3.63) is 99.2 Å². The number of amides is 1. The highest BCUT2D eigenvalue weighted by Crippen LogP contribution is 2.27. The van der Waals surface area contributed by atoms with E-state index in [4.69, 9.17) is 11.6 Å². The first-order valence-corrected chi connectivity index (χ1v) is 13.2. The van der Waals surface area contributed by atoms with Crippen molar-refractivity contribution in [3.63, 3.8) is 0 Å². The maximum Gasteiger partial charge on any atom is 0.253 e.